The summed E-state index contributed by atoms with van der Waals surface area (Å²) in [4.78, 5) is 16.2. The monoisotopic (exact) mass is 261 g/mol. The largest absolute Gasteiger partial charge is 0.348 e. The van der Waals surface area contributed by atoms with Crippen LogP contribution in [-0.4, -0.2) is 24.0 Å². The molecule has 1 fully saturated rings. The number of carbonyl (C=O) groups excluding carboxylic acids is 1. The molecule has 1 atom stereocenters. The third-order valence-electron chi connectivity index (χ3n) is 3.75. The molecule has 4 heteroatoms. The van der Waals surface area contributed by atoms with E-state index < -0.39 is 0 Å². The van der Waals surface area contributed by atoms with Crippen molar-refractivity contribution in [2.45, 2.75) is 38.6 Å². The van der Waals surface area contributed by atoms with Crippen LogP contribution in [0.3, 0.4) is 0 Å². The second-order valence-corrected chi connectivity index (χ2v) is 5.28. The number of carbonyl (C=O) groups is 1. The van der Waals surface area contributed by atoms with Gasteiger partial charge in [0.15, 0.2) is 0 Å². The molecule has 1 aliphatic heterocycles. The van der Waals surface area contributed by atoms with E-state index in [4.69, 9.17) is 0 Å². The Morgan fingerprint density at radius 2 is 2.26 bits per heavy atom. The SMILES string of the molecule is C[C@H](NC(=O)CCC1CCNCC1)c1ccccn1. The molecule has 19 heavy (non-hydrogen) atoms. The third-order valence-corrected chi connectivity index (χ3v) is 3.75. The van der Waals surface area contributed by atoms with Gasteiger partial charge in [0.05, 0.1) is 11.7 Å². The Hall–Kier alpha value is -1.42. The number of aromatic nitrogens is 1. The third kappa shape index (κ3) is 4.63. The fourth-order valence-corrected chi connectivity index (χ4v) is 2.53. The smallest absolute Gasteiger partial charge is 0.220 e. The predicted molar refractivity (Wildman–Crippen MR) is 75.6 cm³/mol. The van der Waals surface area contributed by atoms with Crippen molar-refractivity contribution in [1.29, 1.82) is 0 Å². The van der Waals surface area contributed by atoms with Crippen LogP contribution in [-0.2, 0) is 4.79 Å². The van der Waals surface area contributed by atoms with Crippen molar-refractivity contribution in [2.24, 2.45) is 5.92 Å². The first-order valence-corrected chi connectivity index (χ1v) is 7.16. The zero-order valence-electron chi connectivity index (χ0n) is 11.6. The van der Waals surface area contributed by atoms with Crippen molar-refractivity contribution in [3.05, 3.63) is 30.1 Å². The molecule has 0 spiro atoms. The van der Waals surface area contributed by atoms with Crippen LogP contribution in [0.1, 0.15) is 44.3 Å². The van der Waals surface area contributed by atoms with Gasteiger partial charge in [-0.15, -0.1) is 0 Å². The Kier molecular flexibility index (Phi) is 5.33. The molecule has 0 saturated carbocycles. The highest BCUT2D eigenvalue weighted by Gasteiger charge is 2.15. The lowest BCUT2D eigenvalue weighted by molar-refractivity contribution is -0.122. The summed E-state index contributed by atoms with van der Waals surface area (Å²) in [5.74, 6) is 0.842. The highest BCUT2D eigenvalue weighted by molar-refractivity contribution is 5.76. The van der Waals surface area contributed by atoms with Crippen LogP contribution < -0.4 is 10.6 Å². The fourth-order valence-electron chi connectivity index (χ4n) is 2.53. The van der Waals surface area contributed by atoms with Crippen molar-refractivity contribution < 1.29 is 4.79 Å². The molecule has 0 bridgehead atoms. The van der Waals surface area contributed by atoms with Crippen molar-refractivity contribution in [3.8, 4) is 0 Å². The molecule has 2 heterocycles. The van der Waals surface area contributed by atoms with Crippen LogP contribution >= 0.6 is 0 Å². The maximum atomic E-state index is 11.9. The van der Waals surface area contributed by atoms with Gasteiger partial charge < -0.3 is 10.6 Å². The molecule has 4 nitrogen and oxygen atoms in total. The van der Waals surface area contributed by atoms with Crippen LogP contribution in [0.5, 0.6) is 0 Å². The molecule has 1 aromatic rings. The minimum absolute atomic E-state index is 0.0123. The average molecular weight is 261 g/mol. The normalized spacial score (nSPS) is 17.9. The van der Waals surface area contributed by atoms with Gasteiger partial charge in [0.25, 0.3) is 0 Å². The zero-order chi connectivity index (χ0) is 13.5. The number of pyridine rings is 1. The van der Waals surface area contributed by atoms with Gasteiger partial charge >= 0.3 is 0 Å². The molecule has 2 N–H and O–H groups in total. The Morgan fingerprint density at radius 1 is 1.47 bits per heavy atom. The lowest BCUT2D eigenvalue weighted by Crippen LogP contribution is -2.30. The summed E-state index contributed by atoms with van der Waals surface area (Å²) in [7, 11) is 0. The summed E-state index contributed by atoms with van der Waals surface area (Å²) in [6.45, 7) is 4.16. The van der Waals surface area contributed by atoms with E-state index in [0.717, 1.165) is 25.2 Å². The number of nitrogens with zero attached hydrogens (tertiary/aromatic N) is 1. The van der Waals surface area contributed by atoms with Crippen molar-refractivity contribution in [3.63, 3.8) is 0 Å². The maximum absolute atomic E-state index is 11.9. The number of rotatable bonds is 5. The van der Waals surface area contributed by atoms with E-state index in [1.54, 1.807) is 6.20 Å². The molecule has 0 unspecified atom stereocenters. The van der Waals surface area contributed by atoms with E-state index in [2.05, 4.69) is 15.6 Å². The quantitative estimate of drug-likeness (QED) is 0.853. The summed E-state index contributed by atoms with van der Waals surface area (Å²) in [6, 6.07) is 5.76. The van der Waals surface area contributed by atoms with Crippen molar-refractivity contribution in [2.75, 3.05) is 13.1 Å². The summed E-state index contributed by atoms with van der Waals surface area (Å²) in [6.07, 6.45) is 5.78. The Bertz CT molecular complexity index is 388. The molecule has 1 amide bonds. The van der Waals surface area contributed by atoms with Gasteiger partial charge in [0.1, 0.15) is 0 Å². The number of hydrogen-bond acceptors (Lipinski definition) is 3. The first-order chi connectivity index (χ1) is 9.25. The number of amides is 1. The van der Waals surface area contributed by atoms with Gasteiger partial charge in [-0.25, -0.2) is 0 Å². The summed E-state index contributed by atoms with van der Waals surface area (Å²) in [5.41, 5.74) is 0.915. The van der Waals surface area contributed by atoms with Gasteiger partial charge in [-0.05, 0) is 57.3 Å². The Morgan fingerprint density at radius 3 is 2.95 bits per heavy atom. The van der Waals surface area contributed by atoms with E-state index >= 15 is 0 Å². The van der Waals surface area contributed by atoms with Gasteiger partial charge in [-0.3, -0.25) is 9.78 Å². The minimum atomic E-state index is -0.0123. The molecular weight excluding hydrogens is 238 g/mol. The van der Waals surface area contributed by atoms with E-state index in [0.29, 0.717) is 12.3 Å². The lowest BCUT2D eigenvalue weighted by Gasteiger charge is -2.22. The molecule has 0 aromatic carbocycles. The first-order valence-electron chi connectivity index (χ1n) is 7.16. The first kappa shape index (κ1) is 14.0. The standard InChI is InChI=1S/C15H23N3O/c1-12(14-4-2-3-9-17-14)18-15(19)6-5-13-7-10-16-11-8-13/h2-4,9,12-13,16H,5-8,10-11H2,1H3,(H,18,19)/t12-/m0/s1. The van der Waals surface area contributed by atoms with Crippen LogP contribution in [0.25, 0.3) is 0 Å². The van der Waals surface area contributed by atoms with Gasteiger partial charge in [-0.1, -0.05) is 6.07 Å². The average Bonchev–Trinajstić information content (AvgIpc) is 2.47. The maximum Gasteiger partial charge on any atom is 0.220 e. The minimum Gasteiger partial charge on any atom is -0.348 e. The van der Waals surface area contributed by atoms with Crippen LogP contribution in [0.4, 0.5) is 0 Å². The zero-order valence-corrected chi connectivity index (χ0v) is 11.6. The predicted octanol–water partition coefficient (Wildman–Crippen LogP) is 2.04. The van der Waals surface area contributed by atoms with Crippen LogP contribution in [0, 0.1) is 5.92 Å². The molecule has 1 aliphatic rings. The highest BCUT2D eigenvalue weighted by atomic mass is 16.1. The number of nitrogens with one attached hydrogen (secondary N) is 2. The summed E-state index contributed by atoms with van der Waals surface area (Å²) >= 11 is 0. The molecule has 1 saturated heterocycles. The second kappa shape index (κ2) is 7.24. The molecule has 104 valence electrons. The lowest BCUT2D eigenvalue weighted by atomic mass is 9.93. The highest BCUT2D eigenvalue weighted by Crippen LogP contribution is 2.18. The van der Waals surface area contributed by atoms with E-state index in [1.165, 1.54) is 12.8 Å². The molecular formula is C15H23N3O. The Labute approximate surface area is 115 Å². The Balaban J connectivity index is 1.71. The van der Waals surface area contributed by atoms with Crippen LogP contribution in [0.15, 0.2) is 24.4 Å². The van der Waals surface area contributed by atoms with E-state index in [9.17, 15) is 4.79 Å². The van der Waals surface area contributed by atoms with Gasteiger partial charge in [0, 0.05) is 12.6 Å². The van der Waals surface area contributed by atoms with Crippen molar-refractivity contribution >= 4 is 5.91 Å². The second-order valence-electron chi connectivity index (χ2n) is 5.28. The molecule has 2 rings (SSSR count). The van der Waals surface area contributed by atoms with Crippen molar-refractivity contribution in [1.82, 2.24) is 15.6 Å². The molecule has 0 radical (unpaired) electrons. The molecule has 1 aromatic heterocycles. The summed E-state index contributed by atoms with van der Waals surface area (Å²) in [5, 5.41) is 6.37. The fraction of sp³-hybridized carbons (Fsp3) is 0.600. The number of hydrogen-bond donors (Lipinski definition) is 2. The van der Waals surface area contributed by atoms with E-state index in [1.807, 2.05) is 25.1 Å². The van der Waals surface area contributed by atoms with Gasteiger partial charge in [-0.2, -0.15) is 0 Å². The number of piperidine rings is 1. The molecule has 0 aliphatic carbocycles. The van der Waals surface area contributed by atoms with E-state index in [-0.39, 0.29) is 11.9 Å². The topological polar surface area (TPSA) is 54.0 Å². The van der Waals surface area contributed by atoms with Gasteiger partial charge in [0.2, 0.25) is 5.91 Å². The summed E-state index contributed by atoms with van der Waals surface area (Å²) < 4.78 is 0. The van der Waals surface area contributed by atoms with Crippen LogP contribution in [0.2, 0.25) is 0 Å².